The van der Waals surface area contributed by atoms with Gasteiger partial charge >= 0.3 is 0 Å². The van der Waals surface area contributed by atoms with Crippen LogP contribution in [-0.4, -0.2) is 78.4 Å². The Balaban J connectivity index is 1.83. The predicted octanol–water partition coefficient (Wildman–Crippen LogP) is 4.05. The van der Waals surface area contributed by atoms with Gasteiger partial charge in [-0.3, -0.25) is 14.5 Å². The minimum absolute atomic E-state index is 0.0113. The van der Waals surface area contributed by atoms with Gasteiger partial charge in [-0.05, 0) is 70.2 Å². The number of fused-ring (bicyclic) bond motifs is 1. The normalized spacial score (nSPS) is 21.5. The van der Waals surface area contributed by atoms with Gasteiger partial charge in [0.15, 0.2) is 0 Å². The minimum atomic E-state index is 0.0113. The van der Waals surface area contributed by atoms with Crippen molar-refractivity contribution in [2.75, 3.05) is 45.9 Å². The van der Waals surface area contributed by atoms with E-state index in [0.29, 0.717) is 43.5 Å². The number of nitrogens with zero attached hydrogens (tertiary/aromatic N) is 3. The molecule has 32 heavy (non-hydrogen) atoms. The van der Waals surface area contributed by atoms with E-state index in [-0.39, 0.29) is 17.9 Å². The molecule has 0 aliphatic carbocycles. The monoisotopic (exact) mass is 443 g/mol. The molecule has 0 N–H and O–H groups in total. The Morgan fingerprint density at radius 2 is 1.72 bits per heavy atom. The molecule has 1 fully saturated rings. The van der Waals surface area contributed by atoms with Gasteiger partial charge in [0.25, 0.3) is 5.91 Å². The van der Waals surface area contributed by atoms with Gasteiger partial charge in [-0.25, -0.2) is 0 Å². The summed E-state index contributed by atoms with van der Waals surface area (Å²) in [6.45, 7) is 11.5. The van der Waals surface area contributed by atoms with Crippen LogP contribution in [0.15, 0.2) is 24.3 Å². The first kappa shape index (κ1) is 24.6. The zero-order valence-corrected chi connectivity index (χ0v) is 20.2. The molecule has 2 heterocycles. The van der Waals surface area contributed by atoms with Crippen LogP contribution in [0.5, 0.6) is 5.75 Å². The van der Waals surface area contributed by atoms with Gasteiger partial charge in [0.05, 0.1) is 18.2 Å². The first-order valence-electron chi connectivity index (χ1n) is 12.5. The fourth-order valence-corrected chi connectivity index (χ4v) is 4.85. The Kier molecular flexibility index (Phi) is 9.39. The zero-order valence-electron chi connectivity index (χ0n) is 20.2. The molecule has 0 aromatic heterocycles. The third-order valence-electron chi connectivity index (χ3n) is 6.61. The van der Waals surface area contributed by atoms with Gasteiger partial charge < -0.3 is 14.5 Å². The zero-order chi connectivity index (χ0) is 22.9. The molecule has 178 valence electrons. The third kappa shape index (κ3) is 6.71. The van der Waals surface area contributed by atoms with Crippen LogP contribution in [0.1, 0.15) is 69.7 Å². The molecule has 0 radical (unpaired) electrons. The van der Waals surface area contributed by atoms with E-state index in [1.165, 1.54) is 19.3 Å². The van der Waals surface area contributed by atoms with Crippen molar-refractivity contribution >= 4 is 11.8 Å². The summed E-state index contributed by atoms with van der Waals surface area (Å²) in [7, 11) is 0. The molecule has 1 atom stereocenters. The van der Waals surface area contributed by atoms with Crippen LogP contribution in [-0.2, 0) is 4.79 Å². The van der Waals surface area contributed by atoms with E-state index in [1.807, 2.05) is 36.1 Å². The number of carbonyl (C=O) groups is 2. The second-order valence-corrected chi connectivity index (χ2v) is 9.61. The highest BCUT2D eigenvalue weighted by molar-refractivity contribution is 5.96. The molecule has 0 spiro atoms. The van der Waals surface area contributed by atoms with E-state index in [9.17, 15) is 9.59 Å². The number of hydrogen-bond donors (Lipinski definition) is 0. The summed E-state index contributed by atoms with van der Waals surface area (Å²) in [6, 6.07) is 7.53. The summed E-state index contributed by atoms with van der Waals surface area (Å²) in [5.41, 5.74) is 0.615. The Bertz CT molecular complexity index is 746. The van der Waals surface area contributed by atoms with Crippen molar-refractivity contribution in [1.82, 2.24) is 14.7 Å². The number of benzene rings is 1. The Labute approximate surface area is 193 Å². The van der Waals surface area contributed by atoms with Crippen LogP contribution in [0, 0.1) is 5.92 Å². The lowest BCUT2D eigenvalue weighted by Crippen LogP contribution is -2.49. The molecule has 0 saturated carbocycles. The Morgan fingerprint density at radius 3 is 2.44 bits per heavy atom. The van der Waals surface area contributed by atoms with Crippen LogP contribution in [0.4, 0.5) is 0 Å². The molecular weight excluding hydrogens is 402 g/mol. The van der Waals surface area contributed by atoms with Gasteiger partial charge in [-0.1, -0.05) is 32.4 Å². The molecule has 2 aliphatic heterocycles. The van der Waals surface area contributed by atoms with Crippen molar-refractivity contribution in [1.29, 1.82) is 0 Å². The summed E-state index contributed by atoms with van der Waals surface area (Å²) in [6.07, 6.45) is 6.32. The number of para-hydroxylation sites is 1. The van der Waals surface area contributed by atoms with Gasteiger partial charge in [-0.15, -0.1) is 0 Å². The molecule has 1 aromatic rings. The molecule has 2 amide bonds. The average molecular weight is 444 g/mol. The summed E-state index contributed by atoms with van der Waals surface area (Å²) >= 11 is 0. The van der Waals surface area contributed by atoms with Crippen LogP contribution < -0.4 is 4.74 Å². The van der Waals surface area contributed by atoms with E-state index in [0.717, 1.165) is 38.9 Å². The first-order chi connectivity index (χ1) is 15.5. The lowest BCUT2D eigenvalue weighted by Gasteiger charge is -2.36. The highest BCUT2D eigenvalue weighted by Crippen LogP contribution is 2.23. The topological polar surface area (TPSA) is 53.1 Å². The molecule has 0 unspecified atom stereocenters. The first-order valence-corrected chi connectivity index (χ1v) is 12.5. The summed E-state index contributed by atoms with van der Waals surface area (Å²) < 4.78 is 6.25. The van der Waals surface area contributed by atoms with Crippen molar-refractivity contribution < 1.29 is 14.3 Å². The second kappa shape index (κ2) is 12.2. The highest BCUT2D eigenvalue weighted by Gasteiger charge is 2.28. The van der Waals surface area contributed by atoms with Gasteiger partial charge in [0.2, 0.25) is 5.91 Å². The summed E-state index contributed by atoms with van der Waals surface area (Å²) in [5.74, 6) is 1.32. The SMILES string of the molecule is CCN1CCCCN(C(=O)CN2CCCCC2)[C@@H](CC(C)C)COc2ccccc2C1=O. The van der Waals surface area contributed by atoms with E-state index >= 15 is 0 Å². The third-order valence-corrected chi connectivity index (χ3v) is 6.61. The quantitative estimate of drug-likeness (QED) is 0.689. The number of likely N-dealkylation sites (tertiary alicyclic amines) is 1. The molecule has 6 nitrogen and oxygen atoms in total. The number of hydrogen-bond acceptors (Lipinski definition) is 4. The Morgan fingerprint density at radius 1 is 1.03 bits per heavy atom. The lowest BCUT2D eigenvalue weighted by atomic mass is 10.0. The number of ether oxygens (including phenoxy) is 1. The fraction of sp³-hybridized carbons (Fsp3) is 0.692. The molecule has 2 aliphatic rings. The van der Waals surface area contributed by atoms with Gasteiger partial charge in [-0.2, -0.15) is 0 Å². The Hall–Kier alpha value is -2.08. The van der Waals surface area contributed by atoms with E-state index in [2.05, 4.69) is 23.6 Å². The number of rotatable bonds is 5. The summed E-state index contributed by atoms with van der Waals surface area (Å²) in [4.78, 5) is 32.8. The smallest absolute Gasteiger partial charge is 0.257 e. The number of amides is 2. The number of piperidine rings is 1. The molecule has 1 aromatic carbocycles. The standard InChI is InChI=1S/C26H41N3O3/c1-4-28-16-10-11-17-29(25(30)19-27-14-8-5-9-15-27)22(18-21(2)3)20-32-24-13-7-6-12-23(24)26(28)31/h6-7,12-13,21-22H,4-5,8-11,14-20H2,1-3H3/t22-/m0/s1. The lowest BCUT2D eigenvalue weighted by molar-refractivity contribution is -0.136. The molecule has 0 bridgehead atoms. The van der Waals surface area contributed by atoms with E-state index < -0.39 is 0 Å². The van der Waals surface area contributed by atoms with Crippen molar-refractivity contribution in [2.24, 2.45) is 5.92 Å². The maximum Gasteiger partial charge on any atom is 0.257 e. The minimum Gasteiger partial charge on any atom is -0.491 e. The fourth-order valence-electron chi connectivity index (χ4n) is 4.85. The summed E-state index contributed by atoms with van der Waals surface area (Å²) in [5, 5.41) is 0. The second-order valence-electron chi connectivity index (χ2n) is 9.61. The predicted molar refractivity (Wildman–Crippen MR) is 128 cm³/mol. The molecule has 3 rings (SSSR count). The van der Waals surface area contributed by atoms with Gasteiger partial charge in [0, 0.05) is 19.6 Å². The maximum absolute atomic E-state index is 13.5. The van der Waals surface area contributed by atoms with E-state index in [1.54, 1.807) is 0 Å². The van der Waals surface area contributed by atoms with Crippen molar-refractivity contribution in [3.63, 3.8) is 0 Å². The van der Waals surface area contributed by atoms with Crippen LogP contribution in [0.3, 0.4) is 0 Å². The maximum atomic E-state index is 13.5. The van der Waals surface area contributed by atoms with Crippen molar-refractivity contribution in [3.8, 4) is 5.75 Å². The van der Waals surface area contributed by atoms with Crippen molar-refractivity contribution in [2.45, 2.75) is 65.3 Å². The average Bonchev–Trinajstić information content (AvgIpc) is 2.79. The molecule has 1 saturated heterocycles. The largest absolute Gasteiger partial charge is 0.491 e. The van der Waals surface area contributed by atoms with Gasteiger partial charge in [0.1, 0.15) is 12.4 Å². The van der Waals surface area contributed by atoms with Crippen LogP contribution in [0.25, 0.3) is 0 Å². The van der Waals surface area contributed by atoms with Crippen molar-refractivity contribution in [3.05, 3.63) is 29.8 Å². The van der Waals surface area contributed by atoms with Crippen LogP contribution in [0.2, 0.25) is 0 Å². The van der Waals surface area contributed by atoms with E-state index in [4.69, 9.17) is 4.74 Å². The highest BCUT2D eigenvalue weighted by atomic mass is 16.5. The molecular formula is C26H41N3O3. The van der Waals surface area contributed by atoms with Crippen LogP contribution >= 0.6 is 0 Å². The number of carbonyl (C=O) groups excluding carboxylic acids is 2. The molecule has 6 heteroatoms.